The Labute approximate surface area is 75.5 Å². The maximum absolute atomic E-state index is 5.66. The van der Waals surface area contributed by atoms with Crippen LogP contribution in [-0.4, -0.2) is 12.7 Å². The van der Waals surface area contributed by atoms with Gasteiger partial charge in [-0.1, -0.05) is 26.2 Å². The fourth-order valence-electron chi connectivity index (χ4n) is 2.95. The van der Waals surface area contributed by atoms with Crippen LogP contribution in [0.1, 0.15) is 45.4 Å². The first kappa shape index (κ1) is 8.55. The van der Waals surface area contributed by atoms with E-state index in [4.69, 9.17) is 4.74 Å². The SMILES string of the molecule is COC1([C@@H]2CCCC[C@H]2C)CC1. The van der Waals surface area contributed by atoms with Crippen LogP contribution in [0, 0.1) is 11.8 Å². The molecule has 0 amide bonds. The summed E-state index contributed by atoms with van der Waals surface area (Å²) in [5, 5.41) is 0. The van der Waals surface area contributed by atoms with Crippen LogP contribution in [0.25, 0.3) is 0 Å². The third-order valence-electron chi connectivity index (χ3n) is 3.94. The molecule has 0 heterocycles. The van der Waals surface area contributed by atoms with E-state index in [2.05, 4.69) is 6.92 Å². The monoisotopic (exact) mass is 168 g/mol. The van der Waals surface area contributed by atoms with Gasteiger partial charge in [-0.05, 0) is 31.1 Å². The van der Waals surface area contributed by atoms with E-state index in [0.717, 1.165) is 11.8 Å². The second kappa shape index (κ2) is 3.02. The maximum atomic E-state index is 5.66. The van der Waals surface area contributed by atoms with E-state index in [0.29, 0.717) is 5.60 Å². The molecule has 0 aromatic rings. The second-order valence-corrected chi connectivity index (χ2v) is 4.64. The smallest absolute Gasteiger partial charge is 0.0711 e. The molecule has 70 valence electrons. The number of hydrogen-bond donors (Lipinski definition) is 0. The summed E-state index contributed by atoms with van der Waals surface area (Å²) in [6, 6.07) is 0. The van der Waals surface area contributed by atoms with Gasteiger partial charge in [-0.15, -0.1) is 0 Å². The largest absolute Gasteiger partial charge is 0.378 e. The average Bonchev–Trinajstić information content (AvgIpc) is 2.86. The summed E-state index contributed by atoms with van der Waals surface area (Å²) in [4.78, 5) is 0. The first-order chi connectivity index (χ1) is 5.78. The first-order valence-corrected chi connectivity index (χ1v) is 5.34. The van der Waals surface area contributed by atoms with Crippen molar-refractivity contribution in [1.82, 2.24) is 0 Å². The summed E-state index contributed by atoms with van der Waals surface area (Å²) in [6.07, 6.45) is 8.35. The summed E-state index contributed by atoms with van der Waals surface area (Å²) in [5.74, 6) is 1.78. The zero-order valence-corrected chi connectivity index (χ0v) is 8.31. The van der Waals surface area contributed by atoms with Gasteiger partial charge in [0.2, 0.25) is 0 Å². The molecule has 0 radical (unpaired) electrons. The molecule has 2 atom stereocenters. The van der Waals surface area contributed by atoms with Gasteiger partial charge in [-0.3, -0.25) is 0 Å². The lowest BCUT2D eigenvalue weighted by molar-refractivity contribution is -0.00811. The minimum atomic E-state index is 0.333. The normalized spacial score (nSPS) is 39.5. The first-order valence-electron chi connectivity index (χ1n) is 5.34. The van der Waals surface area contributed by atoms with E-state index in [1.165, 1.54) is 38.5 Å². The molecule has 2 aliphatic carbocycles. The lowest BCUT2D eigenvalue weighted by Crippen LogP contribution is -2.32. The molecule has 0 aliphatic heterocycles. The highest BCUT2D eigenvalue weighted by Crippen LogP contribution is 2.52. The highest BCUT2D eigenvalue weighted by atomic mass is 16.5. The zero-order chi connectivity index (χ0) is 8.60. The Morgan fingerprint density at radius 1 is 1.17 bits per heavy atom. The molecular formula is C11H20O. The number of methoxy groups -OCH3 is 1. The minimum absolute atomic E-state index is 0.333. The van der Waals surface area contributed by atoms with Crippen LogP contribution in [-0.2, 0) is 4.74 Å². The van der Waals surface area contributed by atoms with Crippen LogP contribution in [0.3, 0.4) is 0 Å². The van der Waals surface area contributed by atoms with Gasteiger partial charge in [0.15, 0.2) is 0 Å². The summed E-state index contributed by atoms with van der Waals surface area (Å²) < 4.78 is 5.66. The van der Waals surface area contributed by atoms with Crippen LogP contribution in [0.4, 0.5) is 0 Å². The van der Waals surface area contributed by atoms with Crippen molar-refractivity contribution in [3.8, 4) is 0 Å². The molecule has 0 unspecified atom stereocenters. The molecule has 0 aromatic heterocycles. The van der Waals surface area contributed by atoms with Crippen molar-refractivity contribution in [2.24, 2.45) is 11.8 Å². The van der Waals surface area contributed by atoms with E-state index in [-0.39, 0.29) is 0 Å². The van der Waals surface area contributed by atoms with Crippen LogP contribution in [0.2, 0.25) is 0 Å². The molecule has 0 aromatic carbocycles. The Hall–Kier alpha value is -0.0400. The van der Waals surface area contributed by atoms with Gasteiger partial charge in [0.25, 0.3) is 0 Å². The Bertz CT molecular complexity index is 160. The number of rotatable bonds is 2. The third kappa shape index (κ3) is 1.28. The van der Waals surface area contributed by atoms with Crippen molar-refractivity contribution in [2.45, 2.75) is 51.0 Å². The van der Waals surface area contributed by atoms with Gasteiger partial charge < -0.3 is 4.74 Å². The van der Waals surface area contributed by atoms with Gasteiger partial charge >= 0.3 is 0 Å². The summed E-state index contributed by atoms with van der Waals surface area (Å²) in [6.45, 7) is 2.41. The van der Waals surface area contributed by atoms with E-state index in [1.54, 1.807) is 0 Å². The van der Waals surface area contributed by atoms with Crippen LogP contribution in [0.15, 0.2) is 0 Å². The van der Waals surface area contributed by atoms with E-state index >= 15 is 0 Å². The fraction of sp³-hybridized carbons (Fsp3) is 1.00. The fourth-order valence-corrected chi connectivity index (χ4v) is 2.95. The van der Waals surface area contributed by atoms with Gasteiger partial charge in [-0.2, -0.15) is 0 Å². The Morgan fingerprint density at radius 2 is 1.83 bits per heavy atom. The highest BCUT2D eigenvalue weighted by molar-refractivity contribution is 5.03. The summed E-state index contributed by atoms with van der Waals surface area (Å²) in [7, 11) is 1.90. The third-order valence-corrected chi connectivity index (χ3v) is 3.94. The Morgan fingerprint density at radius 3 is 2.33 bits per heavy atom. The maximum Gasteiger partial charge on any atom is 0.0711 e. The molecule has 2 aliphatic rings. The Kier molecular flexibility index (Phi) is 2.16. The molecular weight excluding hydrogens is 148 g/mol. The zero-order valence-electron chi connectivity index (χ0n) is 8.31. The molecule has 0 bridgehead atoms. The van der Waals surface area contributed by atoms with Crippen LogP contribution < -0.4 is 0 Å². The highest BCUT2D eigenvalue weighted by Gasteiger charge is 2.51. The lowest BCUT2D eigenvalue weighted by Gasteiger charge is -2.34. The van der Waals surface area contributed by atoms with E-state index in [1.807, 2.05) is 7.11 Å². The Balaban J connectivity index is 2.01. The van der Waals surface area contributed by atoms with Gasteiger partial charge in [0, 0.05) is 7.11 Å². The van der Waals surface area contributed by atoms with Crippen molar-refractivity contribution < 1.29 is 4.74 Å². The van der Waals surface area contributed by atoms with Crippen molar-refractivity contribution in [2.75, 3.05) is 7.11 Å². The number of hydrogen-bond acceptors (Lipinski definition) is 1. The predicted molar refractivity (Wildman–Crippen MR) is 50.1 cm³/mol. The quantitative estimate of drug-likeness (QED) is 0.616. The molecule has 2 saturated carbocycles. The molecule has 12 heavy (non-hydrogen) atoms. The summed E-state index contributed by atoms with van der Waals surface area (Å²) in [5.41, 5.74) is 0.333. The predicted octanol–water partition coefficient (Wildman–Crippen LogP) is 2.99. The van der Waals surface area contributed by atoms with E-state index < -0.39 is 0 Å². The van der Waals surface area contributed by atoms with Gasteiger partial charge in [-0.25, -0.2) is 0 Å². The van der Waals surface area contributed by atoms with Gasteiger partial charge in [0.1, 0.15) is 0 Å². The topological polar surface area (TPSA) is 9.23 Å². The standard InChI is InChI=1S/C11H20O/c1-9-5-3-4-6-10(9)11(12-2)7-8-11/h9-10H,3-8H2,1-2H3/t9-,10-/m1/s1. The average molecular weight is 168 g/mol. The molecule has 2 rings (SSSR count). The molecule has 1 nitrogen and oxygen atoms in total. The number of ether oxygens (including phenoxy) is 1. The minimum Gasteiger partial charge on any atom is -0.378 e. The van der Waals surface area contributed by atoms with Crippen LogP contribution in [0.5, 0.6) is 0 Å². The molecule has 0 saturated heterocycles. The van der Waals surface area contributed by atoms with Crippen molar-refractivity contribution in [3.05, 3.63) is 0 Å². The molecule has 0 spiro atoms. The van der Waals surface area contributed by atoms with Crippen molar-refractivity contribution in [3.63, 3.8) is 0 Å². The van der Waals surface area contributed by atoms with Gasteiger partial charge in [0.05, 0.1) is 5.60 Å². The van der Waals surface area contributed by atoms with Crippen molar-refractivity contribution >= 4 is 0 Å². The van der Waals surface area contributed by atoms with E-state index in [9.17, 15) is 0 Å². The molecule has 0 N–H and O–H groups in total. The molecule has 1 heteroatoms. The summed E-state index contributed by atoms with van der Waals surface area (Å²) >= 11 is 0. The second-order valence-electron chi connectivity index (χ2n) is 4.64. The van der Waals surface area contributed by atoms with Crippen molar-refractivity contribution in [1.29, 1.82) is 0 Å². The van der Waals surface area contributed by atoms with Crippen LogP contribution >= 0.6 is 0 Å². The molecule has 2 fully saturated rings. The lowest BCUT2D eigenvalue weighted by atomic mass is 9.76.